The Balaban J connectivity index is 1.30. The summed E-state index contributed by atoms with van der Waals surface area (Å²) in [7, 11) is 0. The Labute approximate surface area is 255 Å². The van der Waals surface area contributed by atoms with Crippen LogP contribution in [0.5, 0.6) is 0 Å². The van der Waals surface area contributed by atoms with Gasteiger partial charge in [0.25, 0.3) is 0 Å². The van der Waals surface area contributed by atoms with E-state index in [1.165, 1.54) is 38.1 Å². The van der Waals surface area contributed by atoms with Crippen LogP contribution >= 0.6 is 0 Å². The summed E-state index contributed by atoms with van der Waals surface area (Å²) in [5, 5.41) is 9.44. The highest BCUT2D eigenvalue weighted by Crippen LogP contribution is 2.46. The van der Waals surface area contributed by atoms with Gasteiger partial charge in [0.2, 0.25) is 0 Å². The zero-order valence-corrected chi connectivity index (χ0v) is 23.9. The molecule has 0 aliphatic rings. The van der Waals surface area contributed by atoms with E-state index in [1.54, 1.807) is 0 Å². The molecule has 0 radical (unpaired) electrons. The SMILES string of the molecule is c1ccc2c(-c3ccc(N(c4cccc5ccccc45)c4cccc5oc6c7ccccc7ccc6c45)cc3)cccc2c1. The van der Waals surface area contributed by atoms with Gasteiger partial charge in [-0.25, -0.2) is 0 Å². The van der Waals surface area contributed by atoms with Crippen molar-refractivity contribution in [3.8, 4) is 11.1 Å². The van der Waals surface area contributed by atoms with Crippen LogP contribution in [0.3, 0.4) is 0 Å². The monoisotopic (exact) mass is 561 g/mol. The largest absolute Gasteiger partial charge is 0.455 e. The fraction of sp³-hybridized carbons (Fsp3) is 0. The molecule has 2 heteroatoms. The average Bonchev–Trinajstić information content (AvgIpc) is 3.49. The Kier molecular flexibility index (Phi) is 5.54. The van der Waals surface area contributed by atoms with E-state index in [-0.39, 0.29) is 0 Å². The first-order chi connectivity index (χ1) is 21.8. The van der Waals surface area contributed by atoms with E-state index in [2.05, 4.69) is 169 Å². The molecule has 44 heavy (non-hydrogen) atoms. The van der Waals surface area contributed by atoms with Crippen molar-refractivity contribution in [2.45, 2.75) is 0 Å². The number of nitrogens with zero attached hydrogens (tertiary/aromatic N) is 1. The summed E-state index contributed by atoms with van der Waals surface area (Å²) in [5.41, 5.74) is 7.55. The first-order valence-corrected chi connectivity index (χ1v) is 15.0. The molecule has 0 bridgehead atoms. The van der Waals surface area contributed by atoms with Crippen molar-refractivity contribution in [1.29, 1.82) is 0 Å². The summed E-state index contributed by atoms with van der Waals surface area (Å²) in [6.45, 7) is 0. The summed E-state index contributed by atoms with van der Waals surface area (Å²) in [6, 6.07) is 58.5. The maximum Gasteiger partial charge on any atom is 0.143 e. The molecule has 9 aromatic rings. The predicted octanol–water partition coefficient (Wildman–Crippen LogP) is 12.2. The molecule has 206 valence electrons. The third kappa shape index (κ3) is 3.82. The topological polar surface area (TPSA) is 16.4 Å². The van der Waals surface area contributed by atoms with Gasteiger partial charge in [-0.1, -0.05) is 127 Å². The molecule has 0 saturated heterocycles. The molecule has 0 aliphatic carbocycles. The number of fused-ring (bicyclic) bond motifs is 7. The van der Waals surface area contributed by atoms with Gasteiger partial charge in [-0.3, -0.25) is 0 Å². The zero-order chi connectivity index (χ0) is 29.0. The molecule has 1 aromatic heterocycles. The molecule has 0 amide bonds. The number of hydrogen-bond donors (Lipinski definition) is 0. The molecule has 0 unspecified atom stereocenters. The van der Waals surface area contributed by atoms with Gasteiger partial charge in [-0.05, 0) is 69.1 Å². The van der Waals surface area contributed by atoms with Crippen molar-refractivity contribution in [1.82, 2.24) is 0 Å². The Hall–Kier alpha value is -5.86. The third-order valence-electron chi connectivity index (χ3n) is 8.84. The minimum Gasteiger partial charge on any atom is -0.455 e. The number of furan rings is 1. The lowest BCUT2D eigenvalue weighted by Crippen LogP contribution is -2.10. The summed E-state index contributed by atoms with van der Waals surface area (Å²) in [6.07, 6.45) is 0. The number of anilines is 3. The Morgan fingerprint density at radius 2 is 0.977 bits per heavy atom. The van der Waals surface area contributed by atoms with E-state index in [9.17, 15) is 0 Å². The van der Waals surface area contributed by atoms with Crippen LogP contribution in [0.4, 0.5) is 17.1 Å². The van der Waals surface area contributed by atoms with E-state index < -0.39 is 0 Å². The second-order valence-electron chi connectivity index (χ2n) is 11.3. The van der Waals surface area contributed by atoms with Gasteiger partial charge in [0.1, 0.15) is 11.2 Å². The van der Waals surface area contributed by atoms with Crippen molar-refractivity contribution in [3.05, 3.63) is 164 Å². The summed E-state index contributed by atoms with van der Waals surface area (Å²) in [4.78, 5) is 2.39. The van der Waals surface area contributed by atoms with Gasteiger partial charge in [-0.2, -0.15) is 0 Å². The van der Waals surface area contributed by atoms with Crippen LogP contribution < -0.4 is 4.90 Å². The number of rotatable bonds is 4. The number of hydrogen-bond acceptors (Lipinski definition) is 2. The predicted molar refractivity (Wildman–Crippen MR) is 186 cm³/mol. The van der Waals surface area contributed by atoms with Crippen LogP contribution in [0.25, 0.3) is 65.4 Å². The Morgan fingerprint density at radius 3 is 1.77 bits per heavy atom. The van der Waals surface area contributed by atoms with Crippen molar-refractivity contribution in [2.75, 3.05) is 4.90 Å². The molecule has 1 heterocycles. The van der Waals surface area contributed by atoms with Gasteiger partial charge < -0.3 is 9.32 Å². The molecule has 8 aromatic carbocycles. The summed E-state index contributed by atoms with van der Waals surface area (Å²) < 4.78 is 6.61. The maximum atomic E-state index is 6.61. The highest BCUT2D eigenvalue weighted by atomic mass is 16.3. The molecule has 0 saturated carbocycles. The zero-order valence-electron chi connectivity index (χ0n) is 23.9. The smallest absolute Gasteiger partial charge is 0.143 e. The van der Waals surface area contributed by atoms with Crippen molar-refractivity contribution in [2.24, 2.45) is 0 Å². The standard InChI is InChI=1S/C42H27NO/c1-4-15-33-28(10-1)13-7-18-34(33)31-22-25-32(26-23-31)43(38-19-8-14-29-11-2-5-16-35(29)38)39-20-9-21-40-41(39)37-27-24-30-12-3-6-17-36(30)42(37)44-40/h1-27H. The van der Waals surface area contributed by atoms with Gasteiger partial charge in [0.15, 0.2) is 0 Å². The summed E-state index contributed by atoms with van der Waals surface area (Å²) >= 11 is 0. The first kappa shape index (κ1) is 24.7. The van der Waals surface area contributed by atoms with Gasteiger partial charge in [0, 0.05) is 21.8 Å². The van der Waals surface area contributed by atoms with E-state index in [0.717, 1.165) is 44.4 Å². The highest BCUT2D eigenvalue weighted by Gasteiger charge is 2.21. The van der Waals surface area contributed by atoms with Crippen LogP contribution in [0.15, 0.2) is 168 Å². The molecule has 2 nitrogen and oxygen atoms in total. The molecule has 0 atom stereocenters. The van der Waals surface area contributed by atoms with Crippen LogP contribution in [0, 0.1) is 0 Å². The van der Waals surface area contributed by atoms with Crippen molar-refractivity contribution < 1.29 is 4.42 Å². The van der Waals surface area contributed by atoms with Gasteiger partial charge in [-0.15, -0.1) is 0 Å². The molecule has 0 aliphatic heterocycles. The second-order valence-corrected chi connectivity index (χ2v) is 11.3. The highest BCUT2D eigenvalue weighted by molar-refractivity contribution is 6.20. The van der Waals surface area contributed by atoms with Gasteiger partial charge >= 0.3 is 0 Å². The maximum absolute atomic E-state index is 6.61. The lowest BCUT2D eigenvalue weighted by atomic mass is 9.97. The molecular formula is C42H27NO. The van der Waals surface area contributed by atoms with Crippen molar-refractivity contribution in [3.63, 3.8) is 0 Å². The van der Waals surface area contributed by atoms with Crippen LogP contribution in [0.2, 0.25) is 0 Å². The molecular weight excluding hydrogens is 534 g/mol. The second kappa shape index (κ2) is 9.86. The number of benzene rings is 8. The van der Waals surface area contributed by atoms with Crippen LogP contribution in [-0.2, 0) is 0 Å². The fourth-order valence-electron chi connectivity index (χ4n) is 6.80. The summed E-state index contributed by atoms with van der Waals surface area (Å²) in [5.74, 6) is 0. The quantitative estimate of drug-likeness (QED) is 0.212. The van der Waals surface area contributed by atoms with E-state index >= 15 is 0 Å². The normalized spacial score (nSPS) is 11.6. The fourth-order valence-corrected chi connectivity index (χ4v) is 6.80. The molecule has 0 N–H and O–H groups in total. The van der Waals surface area contributed by atoms with Crippen LogP contribution in [-0.4, -0.2) is 0 Å². The third-order valence-corrected chi connectivity index (χ3v) is 8.84. The van der Waals surface area contributed by atoms with Gasteiger partial charge in [0.05, 0.1) is 16.8 Å². The van der Waals surface area contributed by atoms with E-state index in [0.29, 0.717) is 0 Å². The van der Waals surface area contributed by atoms with Crippen molar-refractivity contribution >= 4 is 71.3 Å². The van der Waals surface area contributed by atoms with Crippen LogP contribution in [0.1, 0.15) is 0 Å². The average molecular weight is 562 g/mol. The minimum absolute atomic E-state index is 0.881. The Bertz CT molecular complexity index is 2490. The molecule has 0 fully saturated rings. The minimum atomic E-state index is 0.881. The molecule has 9 rings (SSSR count). The lowest BCUT2D eigenvalue weighted by Gasteiger charge is -2.27. The lowest BCUT2D eigenvalue weighted by molar-refractivity contribution is 0.672. The van der Waals surface area contributed by atoms with E-state index in [1.807, 2.05) is 0 Å². The first-order valence-electron chi connectivity index (χ1n) is 15.0. The van der Waals surface area contributed by atoms with E-state index in [4.69, 9.17) is 4.42 Å². The Morgan fingerprint density at radius 1 is 0.386 bits per heavy atom. The molecule has 0 spiro atoms.